The number of anilines is 1. The quantitative estimate of drug-likeness (QED) is 0.891. The second-order valence-electron chi connectivity index (χ2n) is 5.52. The van der Waals surface area contributed by atoms with E-state index in [0.717, 1.165) is 25.0 Å². The summed E-state index contributed by atoms with van der Waals surface area (Å²) in [6.45, 7) is 1.23. The Morgan fingerprint density at radius 3 is 2.72 bits per heavy atom. The van der Waals surface area contributed by atoms with Crippen LogP contribution >= 0.6 is 11.6 Å². The fourth-order valence-electron chi connectivity index (χ4n) is 2.37. The molecule has 1 fully saturated rings. The standard InChI is InChI=1S/C17H15ClF2N2O3/c18-13-7-10(9-21-17(13)25-12-3-5-24-6-4-12)16(23)22-15-2-1-11(19)8-14(15)20/h1-2,7-9,12H,3-6H2,(H,22,23). The first kappa shape index (κ1) is 17.6. The second kappa shape index (κ2) is 7.76. The minimum absolute atomic E-state index is 0.0354. The Bertz CT molecular complexity index is 782. The maximum atomic E-state index is 13.6. The smallest absolute Gasteiger partial charge is 0.257 e. The molecule has 132 valence electrons. The predicted molar refractivity (Wildman–Crippen MR) is 88.0 cm³/mol. The Balaban J connectivity index is 1.69. The van der Waals surface area contributed by atoms with Crippen LogP contribution in [0.1, 0.15) is 23.2 Å². The lowest BCUT2D eigenvalue weighted by Gasteiger charge is -2.23. The van der Waals surface area contributed by atoms with Crippen LogP contribution < -0.4 is 10.1 Å². The maximum absolute atomic E-state index is 13.6. The first-order valence-electron chi connectivity index (χ1n) is 7.69. The number of nitrogens with zero attached hydrogens (tertiary/aromatic N) is 1. The Hall–Kier alpha value is -2.25. The van der Waals surface area contributed by atoms with Crippen molar-refractivity contribution in [3.63, 3.8) is 0 Å². The second-order valence-corrected chi connectivity index (χ2v) is 5.93. The summed E-state index contributed by atoms with van der Waals surface area (Å²) in [5, 5.41) is 2.52. The van der Waals surface area contributed by atoms with Crippen molar-refractivity contribution in [2.75, 3.05) is 18.5 Å². The number of carbonyl (C=O) groups is 1. The molecule has 0 bridgehead atoms. The molecular weight excluding hydrogens is 354 g/mol. The van der Waals surface area contributed by atoms with Gasteiger partial charge in [0, 0.05) is 25.1 Å². The number of halogens is 3. The fraction of sp³-hybridized carbons (Fsp3) is 0.294. The van der Waals surface area contributed by atoms with E-state index in [4.69, 9.17) is 21.1 Å². The lowest BCUT2D eigenvalue weighted by Crippen LogP contribution is -2.26. The number of rotatable bonds is 4. The topological polar surface area (TPSA) is 60.5 Å². The highest BCUT2D eigenvalue weighted by molar-refractivity contribution is 6.32. The molecule has 0 atom stereocenters. The van der Waals surface area contributed by atoms with Crippen LogP contribution in [-0.2, 0) is 4.74 Å². The molecule has 8 heteroatoms. The van der Waals surface area contributed by atoms with Gasteiger partial charge in [-0.25, -0.2) is 13.8 Å². The van der Waals surface area contributed by atoms with Crippen molar-refractivity contribution >= 4 is 23.2 Å². The molecule has 1 amide bonds. The lowest BCUT2D eigenvalue weighted by molar-refractivity contribution is 0.0238. The molecule has 1 aliphatic heterocycles. The highest BCUT2D eigenvalue weighted by Crippen LogP contribution is 2.26. The number of nitrogens with one attached hydrogen (secondary N) is 1. The third-order valence-corrected chi connectivity index (χ3v) is 3.97. The van der Waals surface area contributed by atoms with Crippen molar-refractivity contribution in [3.8, 4) is 5.88 Å². The zero-order valence-electron chi connectivity index (χ0n) is 13.1. The molecule has 1 N–H and O–H groups in total. The van der Waals surface area contributed by atoms with Gasteiger partial charge in [-0.1, -0.05) is 11.6 Å². The van der Waals surface area contributed by atoms with E-state index < -0.39 is 17.5 Å². The van der Waals surface area contributed by atoms with E-state index >= 15 is 0 Å². The van der Waals surface area contributed by atoms with Gasteiger partial charge in [0.15, 0.2) is 0 Å². The molecule has 1 aliphatic rings. The largest absolute Gasteiger partial charge is 0.473 e. The van der Waals surface area contributed by atoms with Gasteiger partial charge in [0.25, 0.3) is 5.91 Å². The summed E-state index contributed by atoms with van der Waals surface area (Å²) in [7, 11) is 0. The normalized spacial score (nSPS) is 15.0. The summed E-state index contributed by atoms with van der Waals surface area (Å²) in [6.07, 6.45) is 2.73. The van der Waals surface area contributed by atoms with Gasteiger partial charge < -0.3 is 14.8 Å². The van der Waals surface area contributed by atoms with E-state index in [0.29, 0.717) is 19.3 Å². The van der Waals surface area contributed by atoms with Crippen LogP contribution in [0.4, 0.5) is 14.5 Å². The SMILES string of the molecule is O=C(Nc1ccc(F)cc1F)c1cnc(OC2CCOCC2)c(Cl)c1. The molecule has 25 heavy (non-hydrogen) atoms. The third kappa shape index (κ3) is 4.43. The first-order valence-corrected chi connectivity index (χ1v) is 8.07. The molecule has 0 aliphatic carbocycles. The van der Waals surface area contributed by atoms with Gasteiger partial charge in [-0.15, -0.1) is 0 Å². The van der Waals surface area contributed by atoms with Crippen LogP contribution in [0, 0.1) is 11.6 Å². The molecule has 1 aromatic heterocycles. The molecule has 1 saturated heterocycles. The minimum Gasteiger partial charge on any atom is -0.473 e. The van der Waals surface area contributed by atoms with Crippen molar-refractivity contribution in [3.05, 3.63) is 52.7 Å². The van der Waals surface area contributed by atoms with Crippen molar-refractivity contribution in [2.24, 2.45) is 0 Å². The summed E-state index contributed by atoms with van der Waals surface area (Å²) >= 11 is 6.13. The van der Waals surface area contributed by atoms with E-state index in [9.17, 15) is 13.6 Å². The summed E-state index contributed by atoms with van der Waals surface area (Å²) < 4.78 is 37.5. The Labute approximate surface area is 147 Å². The van der Waals surface area contributed by atoms with Crippen LogP contribution in [0.15, 0.2) is 30.5 Å². The zero-order valence-corrected chi connectivity index (χ0v) is 13.9. The molecule has 3 rings (SSSR count). The highest BCUT2D eigenvalue weighted by atomic mass is 35.5. The highest BCUT2D eigenvalue weighted by Gasteiger charge is 2.19. The zero-order chi connectivity index (χ0) is 17.8. The van der Waals surface area contributed by atoms with E-state index in [2.05, 4.69) is 10.3 Å². The van der Waals surface area contributed by atoms with Crippen LogP contribution in [0.2, 0.25) is 5.02 Å². The molecule has 2 heterocycles. The minimum atomic E-state index is -0.869. The van der Waals surface area contributed by atoms with Crippen molar-refractivity contribution in [1.82, 2.24) is 4.98 Å². The monoisotopic (exact) mass is 368 g/mol. The summed E-state index contributed by atoms with van der Waals surface area (Å²) in [6, 6.07) is 4.26. The molecule has 0 unspecified atom stereocenters. The van der Waals surface area contributed by atoms with Crippen LogP contribution in [0.25, 0.3) is 0 Å². The molecule has 0 saturated carbocycles. The lowest BCUT2D eigenvalue weighted by atomic mass is 10.1. The third-order valence-electron chi connectivity index (χ3n) is 3.70. The Morgan fingerprint density at radius 1 is 1.28 bits per heavy atom. The van der Waals surface area contributed by atoms with Gasteiger partial charge in [-0.05, 0) is 18.2 Å². The number of aromatic nitrogens is 1. The van der Waals surface area contributed by atoms with Crippen molar-refractivity contribution in [2.45, 2.75) is 18.9 Å². The van der Waals surface area contributed by atoms with Gasteiger partial charge in [-0.2, -0.15) is 0 Å². The Morgan fingerprint density at radius 2 is 2.04 bits per heavy atom. The number of amides is 1. The maximum Gasteiger partial charge on any atom is 0.257 e. The average Bonchev–Trinajstić information content (AvgIpc) is 2.60. The van der Waals surface area contributed by atoms with Gasteiger partial charge in [0.2, 0.25) is 5.88 Å². The van der Waals surface area contributed by atoms with Crippen LogP contribution in [-0.4, -0.2) is 30.2 Å². The fourth-order valence-corrected chi connectivity index (χ4v) is 2.58. The molecule has 5 nitrogen and oxygen atoms in total. The summed E-state index contributed by atoms with van der Waals surface area (Å²) in [5.74, 6) is -1.97. The molecule has 2 aromatic rings. The first-order chi connectivity index (χ1) is 12.0. The van der Waals surface area contributed by atoms with Crippen LogP contribution in [0.5, 0.6) is 5.88 Å². The summed E-state index contributed by atoms with van der Waals surface area (Å²) in [4.78, 5) is 16.2. The molecule has 1 aromatic carbocycles. The Kier molecular flexibility index (Phi) is 5.45. The van der Waals surface area contributed by atoms with E-state index in [1.54, 1.807) is 0 Å². The van der Waals surface area contributed by atoms with Crippen LogP contribution in [0.3, 0.4) is 0 Å². The molecule has 0 radical (unpaired) electrons. The van der Waals surface area contributed by atoms with Gasteiger partial charge in [-0.3, -0.25) is 4.79 Å². The van der Waals surface area contributed by atoms with Gasteiger partial charge >= 0.3 is 0 Å². The van der Waals surface area contributed by atoms with Crippen molar-refractivity contribution in [1.29, 1.82) is 0 Å². The number of ether oxygens (including phenoxy) is 2. The average molecular weight is 369 g/mol. The predicted octanol–water partition coefficient (Wildman–Crippen LogP) is 3.82. The van der Waals surface area contributed by atoms with Gasteiger partial charge in [0.1, 0.15) is 22.8 Å². The van der Waals surface area contributed by atoms with E-state index in [-0.39, 0.29) is 28.3 Å². The molecule has 0 spiro atoms. The van der Waals surface area contributed by atoms with Gasteiger partial charge in [0.05, 0.1) is 24.5 Å². The number of hydrogen-bond acceptors (Lipinski definition) is 4. The number of carbonyl (C=O) groups excluding carboxylic acids is 1. The summed E-state index contributed by atoms with van der Waals surface area (Å²) in [5.41, 5.74) is -0.00175. The van der Waals surface area contributed by atoms with Crippen molar-refractivity contribution < 1.29 is 23.0 Å². The number of benzene rings is 1. The number of hydrogen-bond donors (Lipinski definition) is 1. The van der Waals surface area contributed by atoms with E-state index in [1.807, 2.05) is 0 Å². The van der Waals surface area contributed by atoms with E-state index in [1.165, 1.54) is 12.3 Å². The number of pyridine rings is 1. The molecular formula is C17H15ClF2N2O3.